The fraction of sp³-hybridized carbons (Fsp3) is 0.312. The lowest BCUT2D eigenvalue weighted by Crippen LogP contribution is -2.52. The molecular weight excluding hydrogens is 502 g/mol. The van der Waals surface area contributed by atoms with Gasteiger partial charge >= 0.3 is 0 Å². The third-order valence-electron chi connectivity index (χ3n) is 7.84. The van der Waals surface area contributed by atoms with Crippen molar-refractivity contribution in [3.8, 4) is 22.6 Å². The number of nitrogens with one attached hydrogen (secondary N) is 3. The van der Waals surface area contributed by atoms with E-state index in [1.54, 1.807) is 0 Å². The summed E-state index contributed by atoms with van der Waals surface area (Å²) in [6.07, 6.45) is 5.34. The monoisotopic (exact) mass is 537 g/mol. The van der Waals surface area contributed by atoms with Crippen LogP contribution in [-0.4, -0.2) is 60.4 Å². The third kappa shape index (κ3) is 6.09. The molecule has 4 aromatic rings. The molecule has 3 N–H and O–H groups in total. The largest absolute Gasteiger partial charge is 0.457 e. The Bertz CT molecular complexity index is 1390. The molecule has 3 aromatic carbocycles. The lowest BCUT2D eigenvalue weighted by Gasteiger charge is -2.39. The maximum absolute atomic E-state index is 13.5. The molecule has 2 saturated heterocycles. The highest BCUT2D eigenvalue weighted by Crippen LogP contribution is 2.33. The second-order valence-corrected chi connectivity index (χ2v) is 10.5. The van der Waals surface area contributed by atoms with Crippen LogP contribution < -0.4 is 15.4 Å². The van der Waals surface area contributed by atoms with Crippen molar-refractivity contribution in [2.24, 2.45) is 0 Å². The molecule has 0 radical (unpaired) electrons. The molecule has 0 saturated carbocycles. The van der Waals surface area contributed by atoms with Crippen LogP contribution in [0.15, 0.2) is 85.2 Å². The number of carbonyl (C=O) groups excluding carboxylic acids is 1. The molecule has 3 heterocycles. The Labute approximate surface area is 234 Å². The van der Waals surface area contributed by atoms with Gasteiger partial charge in [-0.3, -0.25) is 14.8 Å². The summed E-state index contributed by atoms with van der Waals surface area (Å²) in [6, 6.07) is 24.0. The SMILES string of the molecule is O=C(NC1(c2ccc(-c3cn[nH]c3)cc2)CCNCC1)c1ccc(Oc2cccc(CN3CCOCC3)c2)cc1. The van der Waals surface area contributed by atoms with Crippen molar-refractivity contribution in [2.75, 3.05) is 39.4 Å². The first-order chi connectivity index (χ1) is 19.7. The van der Waals surface area contributed by atoms with Crippen LogP contribution in [0.25, 0.3) is 11.1 Å². The van der Waals surface area contributed by atoms with E-state index in [-0.39, 0.29) is 5.91 Å². The summed E-state index contributed by atoms with van der Waals surface area (Å²) < 4.78 is 11.6. The van der Waals surface area contributed by atoms with E-state index < -0.39 is 5.54 Å². The predicted octanol–water partition coefficient (Wildman–Crippen LogP) is 4.71. The van der Waals surface area contributed by atoms with E-state index >= 15 is 0 Å². The molecule has 0 spiro atoms. The molecule has 2 aliphatic heterocycles. The molecule has 2 aliphatic rings. The summed E-state index contributed by atoms with van der Waals surface area (Å²) in [5.41, 5.74) is 4.65. The first-order valence-electron chi connectivity index (χ1n) is 14.0. The molecule has 2 fully saturated rings. The van der Waals surface area contributed by atoms with Crippen molar-refractivity contribution < 1.29 is 14.3 Å². The summed E-state index contributed by atoms with van der Waals surface area (Å²) in [6.45, 7) is 6.04. The molecule has 40 heavy (non-hydrogen) atoms. The minimum atomic E-state index is -0.423. The van der Waals surface area contributed by atoms with Gasteiger partial charge in [-0.05, 0) is 79.0 Å². The molecule has 0 aliphatic carbocycles. The van der Waals surface area contributed by atoms with Crippen LogP contribution in [0.4, 0.5) is 0 Å². The number of amides is 1. The topological polar surface area (TPSA) is 91.5 Å². The average Bonchev–Trinajstić information content (AvgIpc) is 3.54. The minimum Gasteiger partial charge on any atom is -0.457 e. The van der Waals surface area contributed by atoms with E-state index in [0.29, 0.717) is 11.3 Å². The Morgan fingerprint density at radius 3 is 2.45 bits per heavy atom. The van der Waals surface area contributed by atoms with E-state index in [4.69, 9.17) is 9.47 Å². The first kappa shape index (κ1) is 26.3. The number of hydrogen-bond acceptors (Lipinski definition) is 6. The number of H-pyrrole nitrogens is 1. The van der Waals surface area contributed by atoms with Gasteiger partial charge in [0.1, 0.15) is 11.5 Å². The van der Waals surface area contributed by atoms with Crippen molar-refractivity contribution in [2.45, 2.75) is 24.9 Å². The summed E-state index contributed by atoms with van der Waals surface area (Å²) in [5.74, 6) is 1.40. The molecule has 0 unspecified atom stereocenters. The smallest absolute Gasteiger partial charge is 0.251 e. The van der Waals surface area contributed by atoms with Gasteiger partial charge in [0.2, 0.25) is 0 Å². The van der Waals surface area contributed by atoms with Gasteiger partial charge in [0.15, 0.2) is 0 Å². The van der Waals surface area contributed by atoms with Gasteiger partial charge in [0.25, 0.3) is 5.91 Å². The standard InChI is InChI=1S/C32H35N5O3/c38-31(36-32(12-14-33-15-13-32)28-8-4-25(5-9-28)27-21-34-35-22-27)26-6-10-29(11-7-26)40-30-3-1-2-24(20-30)23-37-16-18-39-19-17-37/h1-11,20-22,33H,12-19,23H2,(H,34,35)(H,36,38). The van der Waals surface area contributed by atoms with Crippen molar-refractivity contribution in [3.05, 3.63) is 102 Å². The van der Waals surface area contributed by atoms with E-state index in [9.17, 15) is 4.79 Å². The molecule has 6 rings (SSSR count). The minimum absolute atomic E-state index is 0.0835. The summed E-state index contributed by atoms with van der Waals surface area (Å²) in [7, 11) is 0. The molecule has 8 heteroatoms. The van der Waals surface area contributed by atoms with Gasteiger partial charge in [-0.25, -0.2) is 0 Å². The Hall–Kier alpha value is -3.98. The quantitative estimate of drug-likeness (QED) is 0.302. The number of aromatic amines is 1. The molecule has 0 atom stereocenters. The van der Waals surface area contributed by atoms with Crippen LogP contribution in [0, 0.1) is 0 Å². The van der Waals surface area contributed by atoms with Crippen LogP contribution in [0.2, 0.25) is 0 Å². The lowest BCUT2D eigenvalue weighted by molar-refractivity contribution is 0.0342. The number of benzene rings is 3. The van der Waals surface area contributed by atoms with Crippen LogP contribution in [0.5, 0.6) is 11.5 Å². The van der Waals surface area contributed by atoms with Gasteiger partial charge in [-0.15, -0.1) is 0 Å². The van der Waals surface area contributed by atoms with Crippen molar-refractivity contribution >= 4 is 5.91 Å². The zero-order chi connectivity index (χ0) is 27.2. The zero-order valence-electron chi connectivity index (χ0n) is 22.6. The van der Waals surface area contributed by atoms with Gasteiger partial charge < -0.3 is 20.1 Å². The van der Waals surface area contributed by atoms with Crippen molar-refractivity contribution in [1.29, 1.82) is 0 Å². The summed E-state index contributed by atoms with van der Waals surface area (Å²) >= 11 is 0. The van der Waals surface area contributed by atoms with E-state index in [1.807, 2.05) is 48.8 Å². The Morgan fingerprint density at radius 1 is 0.950 bits per heavy atom. The van der Waals surface area contributed by atoms with Gasteiger partial charge in [-0.1, -0.05) is 36.4 Å². The third-order valence-corrected chi connectivity index (χ3v) is 7.84. The highest BCUT2D eigenvalue weighted by molar-refractivity contribution is 5.95. The molecular formula is C32H35N5O3. The summed E-state index contributed by atoms with van der Waals surface area (Å²) in [4.78, 5) is 15.8. The number of carbonyl (C=O) groups is 1. The lowest BCUT2D eigenvalue weighted by atomic mass is 9.80. The van der Waals surface area contributed by atoms with Crippen molar-refractivity contribution in [1.82, 2.24) is 25.7 Å². The Morgan fingerprint density at radius 2 is 1.73 bits per heavy atom. The van der Waals surface area contributed by atoms with Crippen LogP contribution in [0.1, 0.15) is 34.3 Å². The van der Waals surface area contributed by atoms with Crippen molar-refractivity contribution in [3.63, 3.8) is 0 Å². The Kier molecular flexibility index (Phi) is 7.90. The van der Waals surface area contributed by atoms with Gasteiger partial charge in [-0.2, -0.15) is 5.10 Å². The number of morpholine rings is 1. The van der Waals surface area contributed by atoms with Gasteiger partial charge in [0.05, 0.1) is 24.9 Å². The normalized spacial score (nSPS) is 17.3. The molecule has 206 valence electrons. The van der Waals surface area contributed by atoms with E-state index in [2.05, 4.69) is 62.1 Å². The fourth-order valence-electron chi connectivity index (χ4n) is 5.55. The number of nitrogens with zero attached hydrogens (tertiary/aromatic N) is 2. The zero-order valence-corrected chi connectivity index (χ0v) is 22.6. The number of piperidine rings is 1. The second kappa shape index (κ2) is 12.0. The van der Waals surface area contributed by atoms with E-state index in [0.717, 1.165) is 81.2 Å². The van der Waals surface area contributed by atoms with Crippen LogP contribution in [0.3, 0.4) is 0 Å². The highest BCUT2D eigenvalue weighted by atomic mass is 16.5. The molecule has 1 amide bonds. The second-order valence-electron chi connectivity index (χ2n) is 10.5. The predicted molar refractivity (Wildman–Crippen MR) is 154 cm³/mol. The fourth-order valence-corrected chi connectivity index (χ4v) is 5.55. The van der Waals surface area contributed by atoms with Crippen LogP contribution >= 0.6 is 0 Å². The first-order valence-corrected chi connectivity index (χ1v) is 14.0. The summed E-state index contributed by atoms with van der Waals surface area (Å²) in [5, 5.41) is 13.7. The maximum atomic E-state index is 13.5. The number of rotatable bonds is 8. The molecule has 1 aromatic heterocycles. The van der Waals surface area contributed by atoms with E-state index in [1.165, 1.54) is 5.56 Å². The Balaban J connectivity index is 1.12. The van der Waals surface area contributed by atoms with Gasteiger partial charge in [0, 0.05) is 37.0 Å². The van der Waals surface area contributed by atoms with Crippen LogP contribution in [-0.2, 0) is 16.8 Å². The maximum Gasteiger partial charge on any atom is 0.251 e. The number of ether oxygens (including phenoxy) is 2. The number of aromatic nitrogens is 2. The average molecular weight is 538 g/mol. The highest BCUT2D eigenvalue weighted by Gasteiger charge is 2.35. The molecule has 8 nitrogen and oxygen atoms in total. The number of hydrogen-bond donors (Lipinski definition) is 3. The molecule has 0 bridgehead atoms.